The average molecular weight is 535 g/mol. The van der Waals surface area contributed by atoms with E-state index < -0.39 is 53.2 Å². The number of primary amides is 1. The van der Waals surface area contributed by atoms with E-state index in [2.05, 4.69) is 15.7 Å². The van der Waals surface area contributed by atoms with Crippen LogP contribution in [0.15, 0.2) is 48.5 Å². The van der Waals surface area contributed by atoms with Gasteiger partial charge in [-0.25, -0.2) is 27.0 Å². The Morgan fingerprint density at radius 1 is 1.13 bits per heavy atom. The molecule has 2 atom stereocenters. The number of anilines is 1. The van der Waals surface area contributed by atoms with Crippen molar-refractivity contribution in [2.24, 2.45) is 5.73 Å². The Balaban J connectivity index is 1.63. The van der Waals surface area contributed by atoms with E-state index in [0.717, 1.165) is 16.8 Å². The Hall–Kier alpha value is -3.97. The van der Waals surface area contributed by atoms with Gasteiger partial charge in [-0.3, -0.25) is 15.0 Å². The Morgan fingerprint density at radius 2 is 1.87 bits per heavy atom. The lowest BCUT2D eigenvalue weighted by Crippen LogP contribution is -2.43. The van der Waals surface area contributed by atoms with Gasteiger partial charge < -0.3 is 15.8 Å². The van der Waals surface area contributed by atoms with Crippen LogP contribution in [0.3, 0.4) is 0 Å². The molecule has 2 aromatic carbocycles. The predicted molar refractivity (Wildman–Crippen MR) is 130 cm³/mol. The first kappa shape index (κ1) is 27.1. The van der Waals surface area contributed by atoms with Crippen molar-refractivity contribution in [3.05, 3.63) is 77.0 Å². The summed E-state index contributed by atoms with van der Waals surface area (Å²) < 4.78 is 61.1. The zero-order valence-corrected chi connectivity index (χ0v) is 20.3. The summed E-state index contributed by atoms with van der Waals surface area (Å²) in [6.45, 7) is 1.71. The highest BCUT2D eigenvalue weighted by Crippen LogP contribution is 2.31. The predicted octanol–water partition coefficient (Wildman–Crippen LogP) is 3.42. The van der Waals surface area contributed by atoms with Crippen LogP contribution in [0.5, 0.6) is 0 Å². The van der Waals surface area contributed by atoms with Gasteiger partial charge in [-0.15, -0.1) is 0 Å². The molecule has 3 aromatic rings. The number of likely N-dealkylation sites (tertiary alicyclic amines) is 1. The number of para-hydroxylation sites is 1. The minimum Gasteiger partial charge on any atom is -0.383 e. The topological polar surface area (TPSA) is 115 Å². The van der Waals surface area contributed by atoms with Crippen LogP contribution >= 0.6 is 0 Å². The molecule has 2 heterocycles. The SMILES string of the molecule is COCCN1C[C@@H](NC(=O)Nc2c(C(N)=O)c(C(F)F)nn2-c2ccccc2)[C@H](c2ccc(F)c(F)c2)C1. The molecule has 0 radical (unpaired) electrons. The normalized spacial score (nSPS) is 17.6. The molecule has 0 aliphatic carbocycles. The number of nitrogens with zero attached hydrogens (tertiary/aromatic N) is 3. The molecule has 38 heavy (non-hydrogen) atoms. The van der Waals surface area contributed by atoms with Crippen LogP contribution in [-0.2, 0) is 4.74 Å². The Labute approximate surface area is 215 Å². The van der Waals surface area contributed by atoms with Crippen molar-refractivity contribution < 1.29 is 31.9 Å². The van der Waals surface area contributed by atoms with Gasteiger partial charge in [0.25, 0.3) is 12.3 Å². The molecule has 13 heteroatoms. The third kappa shape index (κ3) is 5.78. The number of halogens is 4. The quantitative estimate of drug-likeness (QED) is 0.364. The number of nitrogens with two attached hydrogens (primary N) is 1. The standard InChI is InChI=1S/C25H26F4N6O3/c1-38-10-9-34-12-16(14-7-8-17(26)18(27)11-14)19(13-34)31-25(37)32-24-20(23(30)36)21(22(28)29)33-35(24)15-5-3-2-4-6-15/h2-8,11,16,19,22H,9-10,12-13H2,1H3,(H2,30,36)(H2,31,32,37)/t16-,19+/m0/s1. The van der Waals surface area contributed by atoms with E-state index in [9.17, 15) is 27.2 Å². The van der Waals surface area contributed by atoms with Crippen molar-refractivity contribution in [2.75, 3.05) is 38.7 Å². The van der Waals surface area contributed by atoms with E-state index in [4.69, 9.17) is 10.5 Å². The van der Waals surface area contributed by atoms with Gasteiger partial charge in [-0.1, -0.05) is 24.3 Å². The summed E-state index contributed by atoms with van der Waals surface area (Å²) in [7, 11) is 1.55. The molecule has 1 aromatic heterocycles. The number of urea groups is 1. The lowest BCUT2D eigenvalue weighted by atomic mass is 9.94. The second kappa shape index (κ2) is 11.6. The molecule has 1 fully saturated rings. The Bertz CT molecular complexity index is 1300. The molecule has 4 N–H and O–H groups in total. The highest BCUT2D eigenvalue weighted by Gasteiger charge is 2.36. The van der Waals surface area contributed by atoms with Crippen LogP contribution < -0.4 is 16.4 Å². The van der Waals surface area contributed by atoms with Gasteiger partial charge in [0.05, 0.1) is 18.3 Å². The van der Waals surface area contributed by atoms with Crippen molar-refractivity contribution in [1.82, 2.24) is 20.0 Å². The summed E-state index contributed by atoms with van der Waals surface area (Å²) >= 11 is 0. The zero-order valence-electron chi connectivity index (χ0n) is 20.3. The fraction of sp³-hybridized carbons (Fsp3) is 0.320. The molecule has 1 saturated heterocycles. The van der Waals surface area contributed by atoms with Crippen LogP contribution in [0, 0.1) is 11.6 Å². The Kier molecular flexibility index (Phi) is 8.27. The number of carbonyl (C=O) groups is 2. The molecular formula is C25H26F4N6O3. The van der Waals surface area contributed by atoms with E-state index in [-0.39, 0.29) is 5.82 Å². The van der Waals surface area contributed by atoms with Gasteiger partial charge in [0.1, 0.15) is 11.3 Å². The monoisotopic (exact) mass is 534 g/mol. The van der Waals surface area contributed by atoms with Gasteiger partial charge in [-0.2, -0.15) is 5.10 Å². The van der Waals surface area contributed by atoms with Gasteiger partial charge in [-0.05, 0) is 29.8 Å². The number of rotatable bonds is 9. The van der Waals surface area contributed by atoms with Crippen molar-refractivity contribution in [3.63, 3.8) is 0 Å². The largest absolute Gasteiger partial charge is 0.383 e. The maximum Gasteiger partial charge on any atom is 0.320 e. The number of ether oxygens (including phenoxy) is 1. The smallest absolute Gasteiger partial charge is 0.320 e. The molecule has 202 valence electrons. The maximum atomic E-state index is 14.0. The summed E-state index contributed by atoms with van der Waals surface area (Å²) in [5.74, 6) is -3.94. The number of nitrogens with one attached hydrogen (secondary N) is 2. The molecule has 1 aliphatic rings. The molecular weight excluding hydrogens is 508 g/mol. The molecule has 3 amide bonds. The maximum absolute atomic E-state index is 14.0. The van der Waals surface area contributed by atoms with Gasteiger partial charge >= 0.3 is 6.03 Å². The van der Waals surface area contributed by atoms with E-state index >= 15 is 0 Å². The number of hydrogen-bond acceptors (Lipinski definition) is 5. The van der Waals surface area contributed by atoms with E-state index in [0.29, 0.717) is 37.5 Å². The van der Waals surface area contributed by atoms with Gasteiger partial charge in [0.15, 0.2) is 17.5 Å². The molecule has 0 spiro atoms. The van der Waals surface area contributed by atoms with Crippen molar-refractivity contribution in [3.8, 4) is 5.69 Å². The van der Waals surface area contributed by atoms with Gasteiger partial charge in [0, 0.05) is 32.7 Å². The fourth-order valence-corrected chi connectivity index (χ4v) is 4.53. The highest BCUT2D eigenvalue weighted by molar-refractivity contribution is 6.03. The first-order chi connectivity index (χ1) is 18.2. The summed E-state index contributed by atoms with van der Waals surface area (Å²) in [5.41, 5.74) is 4.68. The summed E-state index contributed by atoms with van der Waals surface area (Å²) in [5, 5.41) is 9.06. The number of aromatic nitrogens is 2. The number of methoxy groups -OCH3 is 1. The lowest BCUT2D eigenvalue weighted by molar-refractivity contribution is 0.0985. The molecule has 1 aliphatic heterocycles. The lowest BCUT2D eigenvalue weighted by Gasteiger charge is -2.21. The second-order valence-corrected chi connectivity index (χ2v) is 8.76. The fourth-order valence-electron chi connectivity index (χ4n) is 4.53. The third-order valence-corrected chi connectivity index (χ3v) is 6.29. The zero-order chi connectivity index (χ0) is 27.4. The minimum atomic E-state index is -3.13. The average Bonchev–Trinajstić information content (AvgIpc) is 3.46. The molecule has 0 unspecified atom stereocenters. The first-order valence-corrected chi connectivity index (χ1v) is 11.7. The van der Waals surface area contributed by atoms with Crippen LogP contribution in [0.1, 0.15) is 34.0 Å². The number of benzene rings is 2. The summed E-state index contributed by atoms with van der Waals surface area (Å²) in [4.78, 5) is 27.3. The minimum absolute atomic E-state index is 0.309. The number of amides is 3. The third-order valence-electron chi connectivity index (χ3n) is 6.29. The molecule has 0 bridgehead atoms. The van der Waals surface area contributed by atoms with Gasteiger partial charge in [0.2, 0.25) is 0 Å². The number of carbonyl (C=O) groups excluding carboxylic acids is 2. The molecule has 4 rings (SSSR count). The van der Waals surface area contributed by atoms with E-state index in [1.807, 2.05) is 4.90 Å². The summed E-state index contributed by atoms with van der Waals surface area (Å²) in [6.07, 6.45) is -3.13. The summed E-state index contributed by atoms with van der Waals surface area (Å²) in [6, 6.07) is 10.2. The van der Waals surface area contributed by atoms with Crippen LogP contribution in [0.25, 0.3) is 5.69 Å². The van der Waals surface area contributed by atoms with Crippen molar-refractivity contribution in [2.45, 2.75) is 18.4 Å². The van der Waals surface area contributed by atoms with Crippen LogP contribution in [0.2, 0.25) is 0 Å². The van der Waals surface area contributed by atoms with E-state index in [1.54, 1.807) is 37.4 Å². The van der Waals surface area contributed by atoms with Crippen molar-refractivity contribution in [1.29, 1.82) is 0 Å². The van der Waals surface area contributed by atoms with Crippen LogP contribution in [0.4, 0.5) is 28.2 Å². The highest BCUT2D eigenvalue weighted by atomic mass is 19.3. The first-order valence-electron chi connectivity index (χ1n) is 11.7. The Morgan fingerprint density at radius 3 is 2.50 bits per heavy atom. The van der Waals surface area contributed by atoms with Crippen molar-refractivity contribution >= 4 is 17.8 Å². The molecule has 9 nitrogen and oxygen atoms in total. The second-order valence-electron chi connectivity index (χ2n) is 8.76. The molecule has 0 saturated carbocycles. The number of hydrogen-bond donors (Lipinski definition) is 3. The number of alkyl halides is 2. The van der Waals surface area contributed by atoms with Crippen LogP contribution in [-0.4, -0.2) is 66.0 Å². The van der Waals surface area contributed by atoms with E-state index in [1.165, 1.54) is 6.07 Å².